The van der Waals surface area contributed by atoms with Crippen LogP contribution in [0.15, 0.2) is 24.3 Å². The zero-order valence-corrected chi connectivity index (χ0v) is 10.6. The molecule has 0 saturated heterocycles. The second-order valence-electron chi connectivity index (χ2n) is 4.39. The molecule has 2 N–H and O–H groups in total. The number of hydrogen-bond acceptors (Lipinski definition) is 3. The number of para-hydroxylation sites is 1. The van der Waals surface area contributed by atoms with Crippen LogP contribution in [0.25, 0.3) is 0 Å². The SMILES string of the molecule is C[C@H](NC(=O)N1CCOc2ccccc2C1)C(=O)O. The minimum atomic E-state index is -1.06. The van der Waals surface area contributed by atoms with Crippen LogP contribution in [-0.4, -0.2) is 41.2 Å². The molecule has 2 rings (SSSR count). The molecule has 1 heterocycles. The average molecular weight is 264 g/mol. The van der Waals surface area contributed by atoms with Crippen molar-refractivity contribution in [2.24, 2.45) is 0 Å². The largest absolute Gasteiger partial charge is 0.491 e. The van der Waals surface area contributed by atoms with E-state index in [1.165, 1.54) is 6.92 Å². The number of rotatable bonds is 2. The molecule has 1 aliphatic heterocycles. The standard InChI is InChI=1S/C13H16N2O4/c1-9(12(16)17)14-13(18)15-6-7-19-11-5-3-2-4-10(11)8-15/h2-5,9H,6-8H2,1H3,(H,14,18)(H,16,17)/t9-/m0/s1. The number of benzene rings is 1. The molecular formula is C13H16N2O4. The summed E-state index contributed by atoms with van der Waals surface area (Å²) in [7, 11) is 0. The summed E-state index contributed by atoms with van der Waals surface area (Å²) in [5.41, 5.74) is 0.915. The number of hydrogen-bond donors (Lipinski definition) is 2. The molecule has 6 heteroatoms. The van der Waals surface area contributed by atoms with Crippen molar-refractivity contribution in [1.29, 1.82) is 0 Å². The van der Waals surface area contributed by atoms with Crippen LogP contribution in [-0.2, 0) is 11.3 Å². The number of nitrogens with zero attached hydrogens (tertiary/aromatic N) is 1. The molecule has 0 unspecified atom stereocenters. The van der Waals surface area contributed by atoms with Crippen LogP contribution in [0.2, 0.25) is 0 Å². The quantitative estimate of drug-likeness (QED) is 0.837. The Morgan fingerprint density at radius 2 is 2.16 bits per heavy atom. The molecule has 6 nitrogen and oxygen atoms in total. The highest BCUT2D eigenvalue weighted by Crippen LogP contribution is 2.22. The molecule has 1 atom stereocenters. The van der Waals surface area contributed by atoms with Crippen molar-refractivity contribution in [2.75, 3.05) is 13.2 Å². The monoisotopic (exact) mass is 264 g/mol. The first-order valence-electron chi connectivity index (χ1n) is 6.07. The Hall–Kier alpha value is -2.24. The Balaban J connectivity index is 2.06. The molecule has 1 aromatic rings. The van der Waals surface area contributed by atoms with Crippen LogP contribution < -0.4 is 10.1 Å². The van der Waals surface area contributed by atoms with Crippen molar-refractivity contribution in [3.05, 3.63) is 29.8 Å². The molecule has 0 saturated carbocycles. The lowest BCUT2D eigenvalue weighted by Crippen LogP contribution is -2.46. The van der Waals surface area contributed by atoms with Gasteiger partial charge in [-0.2, -0.15) is 0 Å². The second kappa shape index (κ2) is 5.60. The van der Waals surface area contributed by atoms with Gasteiger partial charge in [-0.3, -0.25) is 4.79 Å². The maximum Gasteiger partial charge on any atom is 0.325 e. The predicted molar refractivity (Wildman–Crippen MR) is 68.0 cm³/mol. The molecular weight excluding hydrogens is 248 g/mol. The maximum absolute atomic E-state index is 12.0. The van der Waals surface area contributed by atoms with E-state index in [0.717, 1.165) is 11.3 Å². The number of urea groups is 1. The lowest BCUT2D eigenvalue weighted by molar-refractivity contribution is -0.138. The van der Waals surface area contributed by atoms with Gasteiger partial charge in [-0.05, 0) is 13.0 Å². The number of nitrogens with one attached hydrogen (secondary N) is 1. The van der Waals surface area contributed by atoms with Gasteiger partial charge in [-0.25, -0.2) is 4.79 Å². The third-order valence-electron chi connectivity index (χ3n) is 2.95. The van der Waals surface area contributed by atoms with Crippen molar-refractivity contribution < 1.29 is 19.4 Å². The van der Waals surface area contributed by atoms with Crippen LogP contribution in [0.5, 0.6) is 5.75 Å². The number of carbonyl (C=O) groups is 2. The average Bonchev–Trinajstić information content (AvgIpc) is 2.60. The summed E-state index contributed by atoms with van der Waals surface area (Å²) in [5, 5.41) is 11.2. The highest BCUT2D eigenvalue weighted by atomic mass is 16.5. The van der Waals surface area contributed by atoms with Crippen molar-refractivity contribution in [1.82, 2.24) is 10.2 Å². The Bertz CT molecular complexity index is 489. The summed E-state index contributed by atoms with van der Waals surface area (Å²) < 4.78 is 5.54. The van der Waals surface area contributed by atoms with E-state index in [4.69, 9.17) is 9.84 Å². The lowest BCUT2D eigenvalue weighted by Gasteiger charge is -2.21. The number of carbonyl (C=O) groups excluding carboxylic acids is 1. The number of fused-ring (bicyclic) bond motifs is 1. The summed E-state index contributed by atoms with van der Waals surface area (Å²) in [6.45, 7) is 2.66. The Labute approximate surface area is 111 Å². The molecule has 2 amide bonds. The van der Waals surface area contributed by atoms with E-state index in [0.29, 0.717) is 19.7 Å². The van der Waals surface area contributed by atoms with Crippen molar-refractivity contribution in [3.8, 4) is 5.75 Å². The van der Waals surface area contributed by atoms with E-state index in [1.54, 1.807) is 4.90 Å². The normalized spacial score (nSPS) is 15.7. The van der Waals surface area contributed by atoms with Crippen molar-refractivity contribution >= 4 is 12.0 Å². The van der Waals surface area contributed by atoms with Crippen LogP contribution in [0, 0.1) is 0 Å². The summed E-state index contributed by atoms with van der Waals surface area (Å²) in [6, 6.07) is 6.20. The van der Waals surface area contributed by atoms with Crippen LogP contribution >= 0.6 is 0 Å². The third-order valence-corrected chi connectivity index (χ3v) is 2.95. The fourth-order valence-electron chi connectivity index (χ4n) is 1.84. The van der Waals surface area contributed by atoms with Gasteiger partial charge in [-0.15, -0.1) is 0 Å². The van der Waals surface area contributed by atoms with Gasteiger partial charge < -0.3 is 20.1 Å². The molecule has 0 radical (unpaired) electrons. The van der Waals surface area contributed by atoms with Gasteiger partial charge in [0.05, 0.1) is 13.1 Å². The summed E-state index contributed by atoms with van der Waals surface area (Å²) >= 11 is 0. The minimum Gasteiger partial charge on any atom is -0.491 e. The number of ether oxygens (including phenoxy) is 1. The molecule has 0 bridgehead atoms. The Morgan fingerprint density at radius 1 is 1.42 bits per heavy atom. The van der Waals surface area contributed by atoms with Gasteiger partial charge in [0.1, 0.15) is 18.4 Å². The van der Waals surface area contributed by atoms with E-state index in [2.05, 4.69) is 5.32 Å². The van der Waals surface area contributed by atoms with E-state index < -0.39 is 18.0 Å². The van der Waals surface area contributed by atoms with E-state index in [-0.39, 0.29) is 0 Å². The topological polar surface area (TPSA) is 78.9 Å². The molecule has 0 spiro atoms. The van der Waals surface area contributed by atoms with E-state index >= 15 is 0 Å². The highest BCUT2D eigenvalue weighted by molar-refractivity contribution is 5.82. The zero-order valence-electron chi connectivity index (χ0n) is 10.6. The van der Waals surface area contributed by atoms with Gasteiger partial charge in [0, 0.05) is 5.56 Å². The van der Waals surface area contributed by atoms with Gasteiger partial charge in [-0.1, -0.05) is 18.2 Å². The zero-order chi connectivity index (χ0) is 13.8. The van der Waals surface area contributed by atoms with Crippen molar-refractivity contribution in [3.63, 3.8) is 0 Å². The fourth-order valence-corrected chi connectivity index (χ4v) is 1.84. The number of amides is 2. The van der Waals surface area contributed by atoms with Crippen molar-refractivity contribution in [2.45, 2.75) is 19.5 Å². The predicted octanol–water partition coefficient (Wildman–Crippen LogP) is 1.06. The molecule has 0 fully saturated rings. The molecule has 19 heavy (non-hydrogen) atoms. The molecule has 102 valence electrons. The summed E-state index contributed by atoms with van der Waals surface area (Å²) in [4.78, 5) is 24.2. The first-order chi connectivity index (χ1) is 9.08. The summed E-state index contributed by atoms with van der Waals surface area (Å²) in [6.07, 6.45) is 0. The van der Waals surface area contributed by atoms with Crippen LogP contribution in [0.1, 0.15) is 12.5 Å². The van der Waals surface area contributed by atoms with E-state index in [9.17, 15) is 9.59 Å². The summed E-state index contributed by atoms with van der Waals surface area (Å²) in [5.74, 6) is -0.288. The smallest absolute Gasteiger partial charge is 0.325 e. The van der Waals surface area contributed by atoms with Gasteiger partial charge >= 0.3 is 12.0 Å². The van der Waals surface area contributed by atoms with Gasteiger partial charge in [0.15, 0.2) is 0 Å². The molecule has 1 aliphatic rings. The number of carboxylic acid groups (broad SMARTS) is 1. The second-order valence-corrected chi connectivity index (χ2v) is 4.39. The van der Waals surface area contributed by atoms with Crippen LogP contribution in [0.3, 0.4) is 0 Å². The van der Waals surface area contributed by atoms with E-state index in [1.807, 2.05) is 24.3 Å². The Morgan fingerprint density at radius 3 is 2.89 bits per heavy atom. The lowest BCUT2D eigenvalue weighted by atomic mass is 10.2. The number of aliphatic carboxylic acids is 1. The highest BCUT2D eigenvalue weighted by Gasteiger charge is 2.22. The van der Waals surface area contributed by atoms with Gasteiger partial charge in [0.2, 0.25) is 0 Å². The minimum absolute atomic E-state index is 0.393. The molecule has 1 aromatic carbocycles. The maximum atomic E-state index is 12.0. The number of carboxylic acids is 1. The molecule has 0 aliphatic carbocycles. The molecule has 0 aromatic heterocycles. The Kier molecular flexibility index (Phi) is 3.89. The fraction of sp³-hybridized carbons (Fsp3) is 0.385. The first-order valence-corrected chi connectivity index (χ1v) is 6.07. The van der Waals surface area contributed by atoms with Gasteiger partial charge in [0.25, 0.3) is 0 Å². The third kappa shape index (κ3) is 3.15. The van der Waals surface area contributed by atoms with Crippen LogP contribution in [0.4, 0.5) is 4.79 Å². The first kappa shape index (κ1) is 13.2.